The Labute approximate surface area is 178 Å². The van der Waals surface area contributed by atoms with Crippen LogP contribution in [-0.2, 0) is 15.3 Å². The molecule has 0 spiro atoms. The zero-order valence-corrected chi connectivity index (χ0v) is 21.5. The first-order valence-electron chi connectivity index (χ1n) is 9.63. The molecule has 0 saturated heterocycles. The van der Waals surface area contributed by atoms with Crippen LogP contribution in [0.3, 0.4) is 0 Å². The summed E-state index contributed by atoms with van der Waals surface area (Å²) >= 11 is -2.73. The van der Waals surface area contributed by atoms with Crippen LogP contribution in [0.4, 0.5) is 0 Å². The standard InChI is InChI=1S/C5H5.4C4H9.3ClH.Ti/c1-2-4-5-3-1;4*1-4(2)3;;;;/h1-3H,4H2;4*4H,1H2,2-3H3;3*1H;/q;;;;;;;;+3/p-3. The molecule has 0 N–H and O–H groups in total. The van der Waals surface area contributed by atoms with Crippen LogP contribution < -0.4 is 37.2 Å². The van der Waals surface area contributed by atoms with E-state index >= 15 is 0 Å². The fourth-order valence-corrected chi connectivity index (χ4v) is 24.8. The molecule has 1 rings (SSSR count). The summed E-state index contributed by atoms with van der Waals surface area (Å²) in [4.78, 5) is 0. The van der Waals surface area contributed by atoms with Gasteiger partial charge in [-0.2, -0.15) is 0 Å². The molecular weight excluding hydrogens is 406 g/mol. The van der Waals surface area contributed by atoms with Gasteiger partial charge < -0.3 is 37.2 Å². The fraction of sp³-hybridized carbons (Fsp3) is 0.810. The average Bonchev–Trinajstić information content (AvgIpc) is 2.77. The molecule has 4 heteroatoms. The summed E-state index contributed by atoms with van der Waals surface area (Å²) in [6.45, 7) is 19.7. The Bertz CT molecular complexity index is 371. The summed E-state index contributed by atoms with van der Waals surface area (Å²) in [6, 6.07) is 0. The summed E-state index contributed by atoms with van der Waals surface area (Å²) in [6.07, 6.45) is 8.57. The van der Waals surface area contributed by atoms with E-state index in [-0.39, 0.29) is 37.2 Å². The first kappa shape index (κ1) is 30.8. The van der Waals surface area contributed by atoms with Gasteiger partial charge in [-0.05, 0) is 0 Å². The Balaban J connectivity index is -0.00000161. The molecule has 0 unspecified atom stereocenters. The van der Waals surface area contributed by atoms with E-state index in [1.807, 2.05) is 3.88 Å². The number of halogens is 3. The van der Waals surface area contributed by atoms with E-state index in [0.717, 1.165) is 23.7 Å². The van der Waals surface area contributed by atoms with E-state index in [1.54, 1.807) is 0 Å². The topological polar surface area (TPSA) is 0 Å². The minimum Gasteiger partial charge on any atom is -1.00 e. The molecule has 0 bridgehead atoms. The molecule has 0 aromatic carbocycles. The number of allylic oxidation sites excluding steroid dienone is 4. The Morgan fingerprint density at radius 2 is 1.00 bits per heavy atom. The maximum Gasteiger partial charge on any atom is -1.00 e. The second-order valence-electron chi connectivity index (χ2n) is 9.92. The molecule has 1 aliphatic rings. The molecule has 150 valence electrons. The fourth-order valence-electron chi connectivity index (χ4n) is 6.28. The van der Waals surface area contributed by atoms with Crippen molar-refractivity contribution in [1.82, 2.24) is 0 Å². The van der Waals surface area contributed by atoms with Gasteiger partial charge in [0.05, 0.1) is 0 Å². The third-order valence-corrected chi connectivity index (χ3v) is 20.7. The minimum absolute atomic E-state index is 0. The zero-order valence-electron chi connectivity index (χ0n) is 17.7. The minimum atomic E-state index is -2.73. The van der Waals surface area contributed by atoms with Gasteiger partial charge in [0, 0.05) is 0 Å². The van der Waals surface area contributed by atoms with Crippen molar-refractivity contribution in [2.45, 2.75) is 80.7 Å². The number of rotatable bonds is 9. The van der Waals surface area contributed by atoms with Gasteiger partial charge in [-0.25, -0.2) is 0 Å². The molecule has 0 atom stereocenters. The van der Waals surface area contributed by atoms with Gasteiger partial charge in [0.1, 0.15) is 0 Å². The maximum absolute atomic E-state index is 2.73. The zero-order chi connectivity index (χ0) is 17.0. The third kappa shape index (κ3) is 8.31. The Kier molecular flexibility index (Phi) is 15.4. The molecule has 1 aliphatic carbocycles. The third-order valence-electron chi connectivity index (χ3n) is 5.45. The normalized spacial score (nSPS) is 13.5. The molecule has 0 fully saturated rings. The molecule has 25 heavy (non-hydrogen) atoms. The van der Waals surface area contributed by atoms with Crippen molar-refractivity contribution in [3.05, 3.63) is 22.1 Å². The summed E-state index contributed by atoms with van der Waals surface area (Å²) in [5.41, 5.74) is 0. The molecule has 0 saturated carbocycles. The molecule has 0 nitrogen and oxygen atoms in total. The predicted octanol–water partition coefficient (Wildman–Crippen LogP) is -1.17. The van der Waals surface area contributed by atoms with E-state index in [9.17, 15) is 0 Å². The Morgan fingerprint density at radius 3 is 1.20 bits per heavy atom. The van der Waals surface area contributed by atoms with Crippen molar-refractivity contribution in [2.24, 2.45) is 23.7 Å². The van der Waals surface area contributed by atoms with E-state index in [1.165, 1.54) is 25.3 Å². The van der Waals surface area contributed by atoms with Crippen LogP contribution in [0.15, 0.2) is 22.1 Å². The van der Waals surface area contributed by atoms with Crippen LogP contribution in [0.1, 0.15) is 61.8 Å². The first-order chi connectivity index (χ1) is 10.1. The van der Waals surface area contributed by atoms with Gasteiger partial charge in [0.25, 0.3) is 0 Å². The van der Waals surface area contributed by atoms with Crippen LogP contribution >= 0.6 is 0 Å². The van der Waals surface area contributed by atoms with Crippen molar-refractivity contribution >= 4 is 0 Å². The molecule has 0 aliphatic heterocycles. The van der Waals surface area contributed by atoms with E-state index in [0.29, 0.717) is 0 Å². The second-order valence-corrected chi connectivity index (χ2v) is 20.4. The van der Waals surface area contributed by atoms with Gasteiger partial charge in [-0.1, -0.05) is 0 Å². The SMILES string of the molecule is CC(C)[CH2][Ti+3]([CH2]C(C)C)([CH2]C(C)C)([CH2]C(C)C)[C]1=CC=CC1.[Cl-].[Cl-].[Cl-]. The van der Waals surface area contributed by atoms with Crippen LogP contribution in [0.5, 0.6) is 0 Å². The van der Waals surface area contributed by atoms with Crippen molar-refractivity contribution in [2.75, 3.05) is 0 Å². The Morgan fingerprint density at radius 1 is 0.680 bits per heavy atom. The summed E-state index contributed by atoms with van der Waals surface area (Å²) in [5.74, 6) is 3.31. The second kappa shape index (κ2) is 12.5. The van der Waals surface area contributed by atoms with E-state index in [4.69, 9.17) is 0 Å². The van der Waals surface area contributed by atoms with Gasteiger partial charge in [-0.15, -0.1) is 0 Å². The molecule has 0 amide bonds. The molecule has 0 heterocycles. The molecule has 0 aromatic heterocycles. The predicted molar refractivity (Wildman–Crippen MR) is 100 cm³/mol. The number of hydrogen-bond acceptors (Lipinski definition) is 0. The molecular formula is C21H41Cl3Ti. The van der Waals surface area contributed by atoms with Gasteiger partial charge in [-0.3, -0.25) is 0 Å². The average molecular weight is 448 g/mol. The monoisotopic (exact) mass is 446 g/mol. The van der Waals surface area contributed by atoms with Crippen molar-refractivity contribution < 1.29 is 52.5 Å². The van der Waals surface area contributed by atoms with Gasteiger partial charge in [0.2, 0.25) is 0 Å². The molecule has 0 aromatic rings. The van der Waals surface area contributed by atoms with Gasteiger partial charge >= 0.3 is 142 Å². The van der Waals surface area contributed by atoms with Crippen LogP contribution in [0, 0.1) is 23.7 Å². The van der Waals surface area contributed by atoms with E-state index < -0.39 is 15.3 Å². The van der Waals surface area contributed by atoms with Crippen molar-refractivity contribution in [3.63, 3.8) is 0 Å². The van der Waals surface area contributed by atoms with Crippen LogP contribution in [0.2, 0.25) is 18.9 Å². The quantitative estimate of drug-likeness (QED) is 0.391. The molecule has 0 radical (unpaired) electrons. The Hall–Kier alpha value is 1.06. The van der Waals surface area contributed by atoms with Crippen molar-refractivity contribution in [3.8, 4) is 0 Å². The van der Waals surface area contributed by atoms with E-state index in [2.05, 4.69) is 73.6 Å². The maximum atomic E-state index is 2.55. The van der Waals surface area contributed by atoms with Gasteiger partial charge in [0.15, 0.2) is 0 Å². The van der Waals surface area contributed by atoms with Crippen molar-refractivity contribution in [1.29, 1.82) is 0 Å². The smallest absolute Gasteiger partial charge is 1.00 e. The van der Waals surface area contributed by atoms with Crippen LogP contribution in [-0.4, -0.2) is 0 Å². The summed E-state index contributed by atoms with van der Waals surface area (Å²) < 4.78 is 8.03. The van der Waals surface area contributed by atoms with Crippen LogP contribution in [0.25, 0.3) is 0 Å². The summed E-state index contributed by atoms with van der Waals surface area (Å²) in [7, 11) is 0. The summed E-state index contributed by atoms with van der Waals surface area (Å²) in [5, 5.41) is 0. The largest absolute Gasteiger partial charge is 1.00 e. The number of hydrogen-bond donors (Lipinski definition) is 0. The first-order valence-corrected chi connectivity index (χ1v) is 14.8.